The maximum absolute atomic E-state index is 14.1. The van der Waals surface area contributed by atoms with Crippen LogP contribution in [0.5, 0.6) is 11.5 Å². The summed E-state index contributed by atoms with van der Waals surface area (Å²) in [5.74, 6) is -0.426. The van der Waals surface area contributed by atoms with Gasteiger partial charge >= 0.3 is 6.03 Å². The van der Waals surface area contributed by atoms with Crippen LogP contribution >= 0.6 is 0 Å². The van der Waals surface area contributed by atoms with E-state index in [1.54, 1.807) is 48.5 Å². The Morgan fingerprint density at radius 3 is 2.60 bits per heavy atom. The Bertz CT molecular complexity index is 2150. The van der Waals surface area contributed by atoms with Crippen LogP contribution in [-0.2, 0) is 9.53 Å². The van der Waals surface area contributed by atoms with Gasteiger partial charge in [0.1, 0.15) is 17.1 Å². The number of amides is 3. The molecule has 1 spiro atoms. The van der Waals surface area contributed by atoms with Gasteiger partial charge in [-0.25, -0.2) is 18.8 Å². The highest BCUT2D eigenvalue weighted by atomic mass is 19.1. The number of para-hydroxylation sites is 1. The molecule has 3 aliphatic rings. The number of carbonyl (C=O) groups excluding carboxylic acids is 3. The lowest BCUT2D eigenvalue weighted by atomic mass is 9.98. The number of rotatable bonds is 7. The van der Waals surface area contributed by atoms with Crippen molar-refractivity contribution < 1.29 is 28.2 Å². The SMILES string of the molecule is Cc1cc2cc(C(=O)c3cnn(-c4ccc(Oc5ccccc5F)cc4C)c3N)[nH]c2cc1N1C(=O)NC2(CCN(C3COC3)C2)C1=O. The zero-order valence-electron chi connectivity index (χ0n) is 26.2. The zero-order valence-corrected chi connectivity index (χ0v) is 26.2. The number of nitrogens with two attached hydrogens (primary N) is 1. The Morgan fingerprint density at radius 1 is 1.06 bits per heavy atom. The van der Waals surface area contributed by atoms with Crippen molar-refractivity contribution in [3.8, 4) is 17.2 Å². The number of hydrogen-bond donors (Lipinski definition) is 3. The van der Waals surface area contributed by atoms with Crippen LogP contribution in [0, 0.1) is 19.7 Å². The summed E-state index contributed by atoms with van der Waals surface area (Å²) in [6.07, 6.45) is 1.95. The Kier molecular flexibility index (Phi) is 6.86. The van der Waals surface area contributed by atoms with Crippen LogP contribution in [0.2, 0.25) is 0 Å². The van der Waals surface area contributed by atoms with Gasteiger partial charge in [-0.15, -0.1) is 0 Å². The number of halogens is 1. The first-order valence-corrected chi connectivity index (χ1v) is 15.7. The summed E-state index contributed by atoms with van der Waals surface area (Å²) in [6.45, 7) is 6.10. The van der Waals surface area contributed by atoms with E-state index in [0.717, 1.165) is 10.9 Å². The summed E-state index contributed by atoms with van der Waals surface area (Å²) in [7, 11) is 0. The minimum Gasteiger partial charge on any atom is -0.454 e. The summed E-state index contributed by atoms with van der Waals surface area (Å²) in [6, 6.07) is 16.4. The van der Waals surface area contributed by atoms with Crippen LogP contribution in [0.15, 0.2) is 66.9 Å². The predicted molar refractivity (Wildman–Crippen MR) is 175 cm³/mol. The van der Waals surface area contributed by atoms with Gasteiger partial charge in [0.15, 0.2) is 11.6 Å². The highest BCUT2D eigenvalue weighted by Crippen LogP contribution is 2.37. The third kappa shape index (κ3) is 4.73. The second-order valence-corrected chi connectivity index (χ2v) is 12.6. The molecule has 1 atom stereocenters. The number of ketones is 1. The Labute approximate surface area is 274 Å². The number of hydrogen-bond acceptors (Lipinski definition) is 8. The lowest BCUT2D eigenvalue weighted by Gasteiger charge is -2.35. The van der Waals surface area contributed by atoms with Crippen molar-refractivity contribution in [2.75, 3.05) is 36.9 Å². The molecule has 3 aliphatic heterocycles. The molecule has 2 aromatic heterocycles. The van der Waals surface area contributed by atoms with E-state index in [1.807, 2.05) is 19.9 Å². The minimum absolute atomic E-state index is 0.108. The lowest BCUT2D eigenvalue weighted by molar-refractivity contribution is -0.122. The summed E-state index contributed by atoms with van der Waals surface area (Å²) >= 11 is 0. The highest BCUT2D eigenvalue weighted by molar-refractivity contribution is 6.24. The number of likely N-dealkylation sites (tertiary alicyclic amines) is 1. The van der Waals surface area contributed by atoms with Crippen LogP contribution in [-0.4, -0.2) is 75.3 Å². The zero-order chi connectivity index (χ0) is 33.3. The smallest absolute Gasteiger partial charge is 0.329 e. The number of aromatic amines is 1. The second kappa shape index (κ2) is 11.0. The van der Waals surface area contributed by atoms with Crippen LogP contribution in [0.3, 0.4) is 0 Å². The fraction of sp³-hybridized carbons (Fsp3) is 0.257. The molecule has 0 aliphatic carbocycles. The van der Waals surface area contributed by atoms with Gasteiger partial charge in [0.25, 0.3) is 5.91 Å². The quantitative estimate of drug-likeness (QED) is 0.171. The van der Waals surface area contributed by atoms with Crippen molar-refractivity contribution in [2.24, 2.45) is 0 Å². The predicted octanol–water partition coefficient (Wildman–Crippen LogP) is 4.61. The fourth-order valence-electron chi connectivity index (χ4n) is 6.80. The third-order valence-corrected chi connectivity index (χ3v) is 9.53. The molecule has 13 heteroatoms. The molecular weight excluding hydrogens is 617 g/mol. The molecule has 0 saturated carbocycles. The van der Waals surface area contributed by atoms with Crippen molar-refractivity contribution in [2.45, 2.75) is 31.8 Å². The molecule has 3 amide bonds. The van der Waals surface area contributed by atoms with Gasteiger partial charge in [-0.2, -0.15) is 5.10 Å². The van der Waals surface area contributed by atoms with Crippen LogP contribution in [0.1, 0.15) is 33.6 Å². The minimum atomic E-state index is -0.964. The molecule has 12 nitrogen and oxygen atoms in total. The molecule has 3 saturated heterocycles. The number of urea groups is 1. The van der Waals surface area contributed by atoms with Gasteiger partial charge in [0, 0.05) is 24.0 Å². The molecule has 3 aromatic carbocycles. The molecular formula is C35H32FN7O5. The topological polar surface area (TPSA) is 148 Å². The van der Waals surface area contributed by atoms with E-state index in [-0.39, 0.29) is 40.6 Å². The number of carbonyl (C=O) groups is 3. The van der Waals surface area contributed by atoms with E-state index >= 15 is 0 Å². The van der Waals surface area contributed by atoms with Crippen LogP contribution in [0.4, 0.5) is 20.7 Å². The van der Waals surface area contributed by atoms with Gasteiger partial charge < -0.3 is 25.5 Å². The van der Waals surface area contributed by atoms with Crippen molar-refractivity contribution in [1.82, 2.24) is 25.0 Å². The largest absolute Gasteiger partial charge is 0.454 e. The van der Waals surface area contributed by atoms with Crippen molar-refractivity contribution in [3.63, 3.8) is 0 Å². The number of nitrogen functional groups attached to an aromatic ring is 1. The number of benzene rings is 3. The van der Waals surface area contributed by atoms with Crippen LogP contribution < -0.4 is 20.7 Å². The monoisotopic (exact) mass is 649 g/mol. The van der Waals surface area contributed by atoms with E-state index < -0.39 is 17.4 Å². The van der Waals surface area contributed by atoms with Gasteiger partial charge in [-0.3, -0.25) is 14.5 Å². The Morgan fingerprint density at radius 2 is 1.85 bits per heavy atom. The number of anilines is 2. The first kappa shape index (κ1) is 29.8. The van der Waals surface area contributed by atoms with Gasteiger partial charge in [-0.05, 0) is 79.9 Å². The van der Waals surface area contributed by atoms with Gasteiger partial charge in [-0.1, -0.05) is 12.1 Å². The maximum atomic E-state index is 14.1. The van der Waals surface area contributed by atoms with Gasteiger partial charge in [0.2, 0.25) is 5.78 Å². The van der Waals surface area contributed by atoms with E-state index in [4.69, 9.17) is 15.2 Å². The molecule has 3 fully saturated rings. The van der Waals surface area contributed by atoms with E-state index in [9.17, 15) is 18.8 Å². The number of H-pyrrole nitrogens is 1. The van der Waals surface area contributed by atoms with E-state index in [1.165, 1.54) is 21.8 Å². The molecule has 5 aromatic rings. The maximum Gasteiger partial charge on any atom is 0.329 e. The van der Waals surface area contributed by atoms with E-state index in [2.05, 4.69) is 20.3 Å². The summed E-state index contributed by atoms with van der Waals surface area (Å²) in [4.78, 5) is 47.3. The first-order valence-electron chi connectivity index (χ1n) is 15.7. The summed E-state index contributed by atoms with van der Waals surface area (Å²) < 4.78 is 26.6. The van der Waals surface area contributed by atoms with Crippen LogP contribution in [0.25, 0.3) is 16.6 Å². The van der Waals surface area contributed by atoms with Gasteiger partial charge in [0.05, 0.1) is 48.1 Å². The highest BCUT2D eigenvalue weighted by Gasteiger charge is 2.56. The second-order valence-electron chi connectivity index (χ2n) is 12.6. The number of nitrogens with one attached hydrogen (secondary N) is 2. The number of aromatic nitrogens is 3. The lowest BCUT2D eigenvalue weighted by Crippen LogP contribution is -2.53. The fourth-order valence-corrected chi connectivity index (χ4v) is 6.80. The first-order chi connectivity index (χ1) is 23.1. The third-order valence-electron chi connectivity index (χ3n) is 9.53. The molecule has 1 unspecified atom stereocenters. The number of aryl methyl sites for hydroxylation is 2. The average Bonchev–Trinajstić information content (AvgIpc) is 3.79. The normalized spacial score (nSPS) is 19.8. The molecule has 5 heterocycles. The number of fused-ring (bicyclic) bond motifs is 1. The molecule has 0 bridgehead atoms. The number of nitrogens with zero attached hydrogens (tertiary/aromatic N) is 4. The Hall–Kier alpha value is -5.53. The van der Waals surface area contributed by atoms with Crippen molar-refractivity contribution >= 4 is 40.1 Å². The Balaban J connectivity index is 1.04. The average molecular weight is 650 g/mol. The molecule has 0 radical (unpaired) electrons. The standard InChI is InChI=1S/C35H32FN7O5/c1-19-11-21-13-27(39-26(21)14-29(19)42-33(45)35(40-34(42)46)9-10-41(18-35)22-16-47-17-22)31(44)24-15-38-43(32(24)37)28-8-7-23(12-20(28)2)48-30-6-4-3-5-25(30)36/h3-8,11-15,22,39H,9-10,16-18,37H2,1-2H3,(H,40,46). The molecule has 4 N–H and O–H groups in total. The summed E-state index contributed by atoms with van der Waals surface area (Å²) in [5, 5.41) is 8.10. The van der Waals surface area contributed by atoms with Crippen molar-refractivity contribution in [1.29, 1.82) is 0 Å². The molecule has 244 valence electrons. The number of ether oxygens (including phenoxy) is 2. The molecule has 8 rings (SSSR count). The van der Waals surface area contributed by atoms with E-state index in [0.29, 0.717) is 60.9 Å². The van der Waals surface area contributed by atoms with Crippen molar-refractivity contribution in [3.05, 3.63) is 95.1 Å². The molecule has 48 heavy (non-hydrogen) atoms. The summed E-state index contributed by atoms with van der Waals surface area (Å²) in [5.41, 5.74) is 9.11. The number of imide groups is 1.